The van der Waals surface area contributed by atoms with Gasteiger partial charge in [-0.2, -0.15) is 0 Å². The summed E-state index contributed by atoms with van der Waals surface area (Å²) in [5, 5.41) is 0.705. The maximum atomic E-state index is 6.13. The molecule has 5 heteroatoms. The Morgan fingerprint density at radius 1 is 1.44 bits per heavy atom. The van der Waals surface area contributed by atoms with E-state index in [0.29, 0.717) is 16.4 Å². The molecule has 3 rings (SSSR count). The molecule has 1 saturated carbocycles. The number of H-pyrrole nitrogens is 1. The van der Waals surface area contributed by atoms with Crippen molar-refractivity contribution in [3.63, 3.8) is 0 Å². The molecule has 0 spiro atoms. The Morgan fingerprint density at radius 3 is 3.06 bits per heavy atom. The second kappa shape index (κ2) is 5.03. The van der Waals surface area contributed by atoms with Gasteiger partial charge in [0.25, 0.3) is 0 Å². The molecular weight excluding hydrogens is 268 g/mol. The van der Waals surface area contributed by atoms with Crippen molar-refractivity contribution in [1.82, 2.24) is 9.55 Å². The van der Waals surface area contributed by atoms with E-state index < -0.39 is 0 Å². The summed E-state index contributed by atoms with van der Waals surface area (Å²) >= 11 is 11.5. The molecule has 1 aliphatic carbocycles. The molecule has 1 N–H and O–H groups in total. The summed E-state index contributed by atoms with van der Waals surface area (Å²) in [6.07, 6.45) is 2.64. The Hall–Kier alpha value is -0.840. The SMILES string of the molecule is S=c1[nH]c2c(Cl)cccc2n1CCOCC1CC1. The van der Waals surface area contributed by atoms with Crippen LogP contribution in [-0.2, 0) is 11.3 Å². The molecule has 1 aromatic heterocycles. The number of benzene rings is 1. The topological polar surface area (TPSA) is 29.9 Å². The number of nitrogens with zero attached hydrogens (tertiary/aromatic N) is 1. The first-order valence-electron chi connectivity index (χ1n) is 6.20. The van der Waals surface area contributed by atoms with E-state index in [4.69, 9.17) is 28.6 Å². The Morgan fingerprint density at radius 2 is 2.28 bits per heavy atom. The van der Waals surface area contributed by atoms with Gasteiger partial charge < -0.3 is 14.3 Å². The maximum absolute atomic E-state index is 6.13. The molecule has 96 valence electrons. The van der Waals surface area contributed by atoms with Crippen LogP contribution < -0.4 is 0 Å². The van der Waals surface area contributed by atoms with Crippen LogP contribution in [0.5, 0.6) is 0 Å². The standard InChI is InChI=1S/C13H15ClN2OS/c14-10-2-1-3-11-12(10)15-13(18)16(11)6-7-17-8-9-4-5-9/h1-3,9H,4-8H2,(H,15,18). The fraction of sp³-hybridized carbons (Fsp3) is 0.462. The van der Waals surface area contributed by atoms with Gasteiger partial charge in [0, 0.05) is 13.2 Å². The summed E-state index contributed by atoms with van der Waals surface area (Å²) < 4.78 is 8.40. The number of ether oxygens (including phenoxy) is 1. The van der Waals surface area contributed by atoms with Crippen LogP contribution >= 0.6 is 23.8 Å². The highest BCUT2D eigenvalue weighted by Gasteiger charge is 2.20. The molecule has 0 atom stereocenters. The van der Waals surface area contributed by atoms with Gasteiger partial charge in [-0.1, -0.05) is 17.7 Å². The minimum Gasteiger partial charge on any atom is -0.379 e. The highest BCUT2D eigenvalue weighted by Crippen LogP contribution is 2.28. The molecule has 1 aliphatic rings. The van der Waals surface area contributed by atoms with Gasteiger partial charge in [0.1, 0.15) is 0 Å². The van der Waals surface area contributed by atoms with Gasteiger partial charge in [-0.15, -0.1) is 0 Å². The normalized spacial score (nSPS) is 15.4. The molecule has 3 nitrogen and oxygen atoms in total. The summed E-state index contributed by atoms with van der Waals surface area (Å²) in [6, 6.07) is 5.83. The molecule has 18 heavy (non-hydrogen) atoms. The lowest BCUT2D eigenvalue weighted by Gasteiger charge is -2.05. The van der Waals surface area contributed by atoms with Gasteiger partial charge in [-0.05, 0) is 43.1 Å². The first kappa shape index (κ1) is 12.2. The first-order chi connectivity index (χ1) is 8.75. The van der Waals surface area contributed by atoms with E-state index in [-0.39, 0.29) is 0 Å². The summed E-state index contributed by atoms with van der Waals surface area (Å²) in [5.74, 6) is 0.801. The van der Waals surface area contributed by atoms with Gasteiger partial charge in [0.2, 0.25) is 0 Å². The van der Waals surface area contributed by atoms with E-state index in [1.54, 1.807) is 0 Å². The molecule has 2 aromatic rings. The number of hydrogen-bond acceptors (Lipinski definition) is 2. The Bertz CT molecular complexity index is 615. The van der Waals surface area contributed by atoms with Crippen LogP contribution in [0.3, 0.4) is 0 Å². The van der Waals surface area contributed by atoms with Crippen molar-refractivity contribution in [2.24, 2.45) is 5.92 Å². The van der Waals surface area contributed by atoms with Gasteiger partial charge in [-0.3, -0.25) is 0 Å². The minimum atomic E-state index is 0.699. The minimum absolute atomic E-state index is 0.699. The van der Waals surface area contributed by atoms with E-state index in [0.717, 1.165) is 30.1 Å². The number of rotatable bonds is 5. The average molecular weight is 283 g/mol. The second-order valence-corrected chi connectivity index (χ2v) is 5.53. The number of para-hydroxylation sites is 1. The van der Waals surface area contributed by atoms with Crippen molar-refractivity contribution in [3.8, 4) is 0 Å². The number of imidazole rings is 1. The van der Waals surface area contributed by atoms with E-state index in [2.05, 4.69) is 4.98 Å². The van der Waals surface area contributed by atoms with Gasteiger partial charge in [0.05, 0.1) is 22.7 Å². The van der Waals surface area contributed by atoms with Gasteiger partial charge in [-0.25, -0.2) is 0 Å². The number of aromatic nitrogens is 2. The maximum Gasteiger partial charge on any atom is 0.178 e. The molecule has 1 heterocycles. The monoisotopic (exact) mass is 282 g/mol. The fourth-order valence-corrected chi connectivity index (χ4v) is 2.57. The van der Waals surface area contributed by atoms with Crippen LogP contribution in [0.15, 0.2) is 18.2 Å². The highest BCUT2D eigenvalue weighted by atomic mass is 35.5. The number of fused-ring (bicyclic) bond motifs is 1. The van der Waals surface area contributed by atoms with Crippen LogP contribution in [0.4, 0.5) is 0 Å². The third-order valence-electron chi connectivity index (χ3n) is 3.27. The molecule has 0 radical (unpaired) electrons. The Labute approximate surface area is 116 Å². The summed E-state index contributed by atoms with van der Waals surface area (Å²) in [6.45, 7) is 2.35. The van der Waals surface area contributed by atoms with E-state index >= 15 is 0 Å². The summed E-state index contributed by atoms with van der Waals surface area (Å²) in [7, 11) is 0. The Balaban J connectivity index is 1.75. The molecule has 0 unspecified atom stereocenters. The molecular formula is C13H15ClN2OS. The molecule has 0 bridgehead atoms. The van der Waals surface area contributed by atoms with Crippen LogP contribution in [0, 0.1) is 10.7 Å². The largest absolute Gasteiger partial charge is 0.379 e. The summed E-state index contributed by atoms with van der Waals surface area (Å²) in [4.78, 5) is 3.15. The predicted octanol–water partition coefficient (Wildman–Crippen LogP) is 3.78. The molecule has 1 aromatic carbocycles. The van der Waals surface area contributed by atoms with E-state index in [1.165, 1.54) is 12.8 Å². The van der Waals surface area contributed by atoms with Crippen LogP contribution in [0.25, 0.3) is 11.0 Å². The van der Waals surface area contributed by atoms with Crippen molar-refractivity contribution < 1.29 is 4.74 Å². The van der Waals surface area contributed by atoms with Gasteiger partial charge >= 0.3 is 0 Å². The number of hydrogen-bond donors (Lipinski definition) is 1. The van der Waals surface area contributed by atoms with Crippen molar-refractivity contribution >= 4 is 34.9 Å². The Kier molecular flexibility index (Phi) is 3.41. The lowest BCUT2D eigenvalue weighted by Crippen LogP contribution is -2.07. The molecule has 0 aliphatic heterocycles. The molecule has 0 amide bonds. The smallest absolute Gasteiger partial charge is 0.178 e. The van der Waals surface area contributed by atoms with Crippen LogP contribution in [0.2, 0.25) is 5.02 Å². The fourth-order valence-electron chi connectivity index (χ4n) is 2.06. The third kappa shape index (κ3) is 2.46. The third-order valence-corrected chi connectivity index (χ3v) is 3.91. The van der Waals surface area contributed by atoms with Crippen molar-refractivity contribution in [3.05, 3.63) is 28.0 Å². The summed E-state index contributed by atoms with van der Waals surface area (Å²) in [5.41, 5.74) is 1.95. The van der Waals surface area contributed by atoms with Crippen molar-refractivity contribution in [2.75, 3.05) is 13.2 Å². The molecule has 0 saturated heterocycles. The quantitative estimate of drug-likeness (QED) is 0.668. The highest BCUT2D eigenvalue weighted by molar-refractivity contribution is 7.71. The zero-order valence-corrected chi connectivity index (χ0v) is 11.6. The lowest BCUT2D eigenvalue weighted by molar-refractivity contribution is 0.117. The van der Waals surface area contributed by atoms with Crippen LogP contribution in [-0.4, -0.2) is 22.8 Å². The first-order valence-corrected chi connectivity index (χ1v) is 6.99. The number of halogens is 1. The van der Waals surface area contributed by atoms with Crippen LogP contribution in [0.1, 0.15) is 12.8 Å². The predicted molar refractivity (Wildman–Crippen MR) is 75.7 cm³/mol. The zero-order valence-electron chi connectivity index (χ0n) is 9.99. The second-order valence-electron chi connectivity index (χ2n) is 4.73. The number of aromatic amines is 1. The average Bonchev–Trinajstić information content (AvgIpc) is 3.11. The van der Waals surface area contributed by atoms with E-state index in [1.807, 2.05) is 22.8 Å². The van der Waals surface area contributed by atoms with E-state index in [9.17, 15) is 0 Å². The van der Waals surface area contributed by atoms with Crippen molar-refractivity contribution in [2.45, 2.75) is 19.4 Å². The molecule has 1 fully saturated rings. The van der Waals surface area contributed by atoms with Gasteiger partial charge in [0.15, 0.2) is 4.77 Å². The number of nitrogens with one attached hydrogen (secondary N) is 1. The lowest BCUT2D eigenvalue weighted by atomic mass is 10.3. The van der Waals surface area contributed by atoms with Crippen molar-refractivity contribution in [1.29, 1.82) is 0 Å². The zero-order chi connectivity index (χ0) is 12.5.